The molecule has 1 heterocycles. The molecule has 0 bridgehead atoms. The van der Waals surface area contributed by atoms with Crippen molar-refractivity contribution in [1.29, 1.82) is 0 Å². The Morgan fingerprint density at radius 2 is 1.59 bits per heavy atom. The zero-order valence-corrected chi connectivity index (χ0v) is 15.6. The van der Waals surface area contributed by atoms with Crippen LogP contribution in [0.5, 0.6) is 0 Å². The predicted octanol–water partition coefficient (Wildman–Crippen LogP) is 1.96. The molecule has 27 heavy (non-hydrogen) atoms. The number of rotatable bonds is 6. The highest BCUT2D eigenvalue weighted by Gasteiger charge is 2.47. The molecule has 0 radical (unpaired) electrons. The molecule has 2 N–H and O–H groups in total. The fraction of sp³-hybridized carbons (Fsp3) is 0.474. The monoisotopic (exact) mass is 391 g/mol. The lowest BCUT2D eigenvalue weighted by molar-refractivity contribution is -0.140. The van der Waals surface area contributed by atoms with Crippen LogP contribution in [0.3, 0.4) is 0 Å². The van der Waals surface area contributed by atoms with Crippen LogP contribution in [0.2, 0.25) is 5.02 Å². The minimum atomic E-state index is -0.378. The molecule has 1 aliphatic carbocycles. The van der Waals surface area contributed by atoms with Gasteiger partial charge in [-0.05, 0) is 37.1 Å². The number of fused-ring (bicyclic) bond motifs is 1. The summed E-state index contributed by atoms with van der Waals surface area (Å²) in [4.78, 5) is 49.8. The summed E-state index contributed by atoms with van der Waals surface area (Å²) >= 11 is 5.78. The van der Waals surface area contributed by atoms with Gasteiger partial charge in [0.2, 0.25) is 23.6 Å². The van der Waals surface area contributed by atoms with Crippen molar-refractivity contribution in [2.75, 3.05) is 18.4 Å². The average molecular weight is 392 g/mol. The quantitative estimate of drug-likeness (QED) is 0.724. The van der Waals surface area contributed by atoms with E-state index in [1.54, 1.807) is 24.3 Å². The number of benzene rings is 1. The second-order valence-corrected chi connectivity index (χ2v) is 7.34. The summed E-state index contributed by atoms with van der Waals surface area (Å²) in [6.45, 7) is -0.121. The third-order valence-electron chi connectivity index (χ3n) is 5.07. The van der Waals surface area contributed by atoms with Crippen molar-refractivity contribution >= 4 is 40.9 Å². The van der Waals surface area contributed by atoms with E-state index in [4.69, 9.17) is 11.6 Å². The Morgan fingerprint density at radius 1 is 1.00 bits per heavy atom. The Bertz CT molecular complexity index is 726. The molecule has 2 fully saturated rings. The molecular formula is C19H22ClN3O4. The van der Waals surface area contributed by atoms with E-state index in [9.17, 15) is 19.2 Å². The molecule has 0 spiro atoms. The molecule has 1 aromatic carbocycles. The zero-order chi connectivity index (χ0) is 19.4. The lowest BCUT2D eigenvalue weighted by Crippen LogP contribution is -2.37. The predicted molar refractivity (Wildman–Crippen MR) is 99.9 cm³/mol. The topological polar surface area (TPSA) is 95.6 Å². The van der Waals surface area contributed by atoms with Crippen molar-refractivity contribution in [3.63, 3.8) is 0 Å². The number of carbonyl (C=O) groups excluding carboxylic acids is 4. The fourth-order valence-corrected chi connectivity index (χ4v) is 3.80. The van der Waals surface area contributed by atoms with Crippen LogP contribution in [0.25, 0.3) is 0 Å². The van der Waals surface area contributed by atoms with E-state index >= 15 is 0 Å². The molecule has 8 heteroatoms. The highest BCUT2D eigenvalue weighted by molar-refractivity contribution is 6.30. The molecule has 2 aliphatic rings. The van der Waals surface area contributed by atoms with Gasteiger partial charge < -0.3 is 10.6 Å². The van der Waals surface area contributed by atoms with Gasteiger partial charge >= 0.3 is 0 Å². The van der Waals surface area contributed by atoms with Crippen molar-refractivity contribution in [1.82, 2.24) is 10.2 Å². The summed E-state index contributed by atoms with van der Waals surface area (Å²) in [5, 5.41) is 5.70. The number of likely N-dealkylation sites (tertiary alicyclic amines) is 1. The molecule has 1 aromatic rings. The van der Waals surface area contributed by atoms with Crippen LogP contribution in [0.15, 0.2) is 24.3 Å². The van der Waals surface area contributed by atoms with Gasteiger partial charge in [-0.15, -0.1) is 0 Å². The maximum atomic E-state index is 12.4. The second kappa shape index (κ2) is 8.52. The van der Waals surface area contributed by atoms with Crippen LogP contribution >= 0.6 is 11.6 Å². The third kappa shape index (κ3) is 4.66. The van der Waals surface area contributed by atoms with Gasteiger partial charge in [0, 0.05) is 23.7 Å². The Labute approximate surface area is 162 Å². The van der Waals surface area contributed by atoms with E-state index in [-0.39, 0.29) is 55.0 Å². The van der Waals surface area contributed by atoms with Gasteiger partial charge in [0.1, 0.15) is 0 Å². The van der Waals surface area contributed by atoms with Crippen molar-refractivity contribution in [3.8, 4) is 0 Å². The molecular weight excluding hydrogens is 370 g/mol. The van der Waals surface area contributed by atoms with Crippen molar-refractivity contribution < 1.29 is 19.2 Å². The van der Waals surface area contributed by atoms with Crippen LogP contribution in [0.4, 0.5) is 5.69 Å². The fourth-order valence-electron chi connectivity index (χ4n) is 3.67. The number of amides is 4. The van der Waals surface area contributed by atoms with Crippen LogP contribution < -0.4 is 10.6 Å². The molecule has 3 rings (SSSR count). The van der Waals surface area contributed by atoms with Gasteiger partial charge in [-0.2, -0.15) is 0 Å². The lowest BCUT2D eigenvalue weighted by Gasteiger charge is -2.19. The minimum absolute atomic E-state index is 0.00878. The second-order valence-electron chi connectivity index (χ2n) is 6.91. The van der Waals surface area contributed by atoms with Crippen LogP contribution in [-0.2, 0) is 19.2 Å². The lowest BCUT2D eigenvalue weighted by atomic mass is 9.81. The molecule has 0 aromatic heterocycles. The zero-order valence-electron chi connectivity index (χ0n) is 14.9. The third-order valence-corrected chi connectivity index (χ3v) is 5.32. The number of nitrogens with zero attached hydrogens (tertiary/aromatic N) is 1. The van der Waals surface area contributed by atoms with Gasteiger partial charge in [-0.1, -0.05) is 24.4 Å². The molecule has 7 nitrogen and oxygen atoms in total. The number of hydrogen-bond acceptors (Lipinski definition) is 4. The van der Waals surface area contributed by atoms with Crippen molar-refractivity contribution in [2.24, 2.45) is 11.8 Å². The van der Waals surface area contributed by atoms with E-state index in [1.165, 1.54) is 4.90 Å². The Balaban J connectivity index is 1.42. The van der Waals surface area contributed by atoms with E-state index < -0.39 is 0 Å². The largest absolute Gasteiger partial charge is 0.347 e. The summed E-state index contributed by atoms with van der Waals surface area (Å²) in [6.07, 6.45) is 3.44. The molecule has 1 saturated heterocycles. The first-order valence-corrected chi connectivity index (χ1v) is 9.51. The smallest absolute Gasteiger partial charge is 0.243 e. The van der Waals surface area contributed by atoms with Crippen LogP contribution in [0, 0.1) is 11.8 Å². The van der Waals surface area contributed by atoms with E-state index in [0.717, 1.165) is 25.7 Å². The van der Waals surface area contributed by atoms with Gasteiger partial charge in [0.25, 0.3) is 0 Å². The normalized spacial score (nSPS) is 21.7. The number of halogens is 1. The van der Waals surface area contributed by atoms with E-state index in [2.05, 4.69) is 10.6 Å². The summed E-state index contributed by atoms with van der Waals surface area (Å²) < 4.78 is 0. The van der Waals surface area contributed by atoms with Gasteiger partial charge in [-0.3, -0.25) is 24.1 Å². The molecule has 2 atom stereocenters. The Hall–Kier alpha value is -2.41. The number of hydrogen-bond donors (Lipinski definition) is 2. The van der Waals surface area contributed by atoms with Crippen molar-refractivity contribution in [3.05, 3.63) is 29.3 Å². The van der Waals surface area contributed by atoms with Crippen molar-refractivity contribution in [2.45, 2.75) is 32.1 Å². The first-order valence-electron chi connectivity index (χ1n) is 9.13. The van der Waals surface area contributed by atoms with E-state index in [0.29, 0.717) is 10.7 Å². The first kappa shape index (κ1) is 19.4. The van der Waals surface area contributed by atoms with Crippen LogP contribution in [0.1, 0.15) is 32.1 Å². The van der Waals surface area contributed by atoms with Gasteiger partial charge in [0.05, 0.1) is 18.4 Å². The standard InChI is InChI=1S/C19H22ClN3O4/c20-12-5-7-13(8-6-12)22-17(25)11-21-16(24)9-10-23-18(26)14-3-1-2-4-15(14)19(23)27/h5-8,14-15H,1-4,9-11H2,(H,21,24)(H,22,25). The number of nitrogens with one attached hydrogen (secondary N) is 2. The molecule has 1 saturated carbocycles. The first-order chi connectivity index (χ1) is 13.0. The number of carbonyl (C=O) groups is 4. The molecule has 4 amide bonds. The molecule has 144 valence electrons. The summed E-state index contributed by atoms with van der Waals surface area (Å²) in [7, 11) is 0. The Morgan fingerprint density at radius 3 is 2.19 bits per heavy atom. The number of anilines is 1. The summed E-state index contributed by atoms with van der Waals surface area (Å²) in [6, 6.07) is 6.62. The molecule has 2 unspecified atom stereocenters. The van der Waals surface area contributed by atoms with Gasteiger partial charge in [0.15, 0.2) is 0 Å². The minimum Gasteiger partial charge on any atom is -0.347 e. The highest BCUT2D eigenvalue weighted by atomic mass is 35.5. The average Bonchev–Trinajstić information content (AvgIpc) is 2.91. The van der Waals surface area contributed by atoms with Gasteiger partial charge in [-0.25, -0.2) is 0 Å². The van der Waals surface area contributed by atoms with E-state index in [1.807, 2.05) is 0 Å². The summed E-state index contributed by atoms with van der Waals surface area (Å²) in [5.74, 6) is -1.48. The molecule has 1 aliphatic heterocycles. The summed E-state index contributed by atoms with van der Waals surface area (Å²) in [5.41, 5.74) is 0.578. The number of imide groups is 1. The highest BCUT2D eigenvalue weighted by Crippen LogP contribution is 2.37. The SMILES string of the molecule is O=C(CCN1C(=O)C2CCCCC2C1=O)NCC(=O)Nc1ccc(Cl)cc1. The maximum Gasteiger partial charge on any atom is 0.243 e. The van der Waals surface area contributed by atoms with Crippen LogP contribution in [-0.4, -0.2) is 41.6 Å². The Kier molecular flexibility index (Phi) is 6.11. The maximum absolute atomic E-state index is 12.4.